The van der Waals surface area contributed by atoms with Gasteiger partial charge in [0.1, 0.15) is 0 Å². The molecular weight excluding hydrogens is 548 g/mol. The summed E-state index contributed by atoms with van der Waals surface area (Å²) in [5.74, 6) is 0.293. The summed E-state index contributed by atoms with van der Waals surface area (Å²) in [6.45, 7) is 6.18. The van der Waals surface area contributed by atoms with E-state index in [1.807, 2.05) is 38.1 Å². The van der Waals surface area contributed by atoms with Gasteiger partial charge in [-0.25, -0.2) is 4.98 Å². The van der Waals surface area contributed by atoms with E-state index >= 15 is 0 Å². The fraction of sp³-hybridized carbons (Fsp3) is 0.280. The van der Waals surface area contributed by atoms with Crippen LogP contribution in [0.25, 0.3) is 0 Å². The van der Waals surface area contributed by atoms with Crippen LogP contribution in [0.3, 0.4) is 0 Å². The quantitative estimate of drug-likeness (QED) is 0.174. The summed E-state index contributed by atoms with van der Waals surface area (Å²) in [5.41, 5.74) is 6.02. The number of aromatic nitrogens is 1. The highest BCUT2D eigenvalue weighted by atomic mass is 79.9. The lowest BCUT2D eigenvalue weighted by molar-refractivity contribution is -0.142. The van der Waals surface area contributed by atoms with E-state index in [9.17, 15) is 9.59 Å². The largest absolute Gasteiger partial charge is 0.490 e. The van der Waals surface area contributed by atoms with Gasteiger partial charge in [0.05, 0.1) is 36.0 Å². The lowest BCUT2D eigenvalue weighted by atomic mass is 10.2. The first-order valence-electron chi connectivity index (χ1n) is 11.2. The number of hydrogen-bond donors (Lipinski definition) is 2. The molecule has 1 aromatic heterocycles. The topological polar surface area (TPSA) is 111 Å². The molecule has 1 heterocycles. The van der Waals surface area contributed by atoms with Crippen molar-refractivity contribution in [3.8, 4) is 11.5 Å². The molecule has 0 fully saturated rings. The Morgan fingerprint density at radius 1 is 1.14 bits per heavy atom. The minimum absolute atomic E-state index is 0.116. The summed E-state index contributed by atoms with van der Waals surface area (Å²) >= 11 is 4.83. The van der Waals surface area contributed by atoms with E-state index in [-0.39, 0.29) is 24.9 Å². The maximum Gasteiger partial charge on any atom is 0.311 e. The fourth-order valence-electron chi connectivity index (χ4n) is 3.00. The molecule has 1 amide bonds. The number of ether oxygens (including phenoxy) is 3. The second-order valence-electron chi connectivity index (χ2n) is 7.46. The van der Waals surface area contributed by atoms with Crippen LogP contribution in [-0.4, -0.2) is 42.9 Å². The van der Waals surface area contributed by atoms with Crippen LogP contribution in [0, 0.1) is 6.92 Å². The zero-order valence-corrected chi connectivity index (χ0v) is 22.6. The van der Waals surface area contributed by atoms with Gasteiger partial charge in [-0.05, 0) is 66.5 Å². The highest BCUT2D eigenvalue weighted by Crippen LogP contribution is 2.36. The number of nitrogens with zero attached hydrogens (tertiary/aromatic N) is 2. The SMILES string of the molecule is CCOC(=O)Cc1csc(NN=Cc2cc(Br)c(OCC(=O)Nc3ccc(C)cc3)c(OCC)c2)n1. The molecule has 2 N–H and O–H groups in total. The Hall–Kier alpha value is -3.44. The Morgan fingerprint density at radius 3 is 2.64 bits per heavy atom. The van der Waals surface area contributed by atoms with Gasteiger partial charge in [0.25, 0.3) is 5.91 Å². The number of hydrazone groups is 1. The number of carbonyl (C=O) groups excluding carboxylic acids is 2. The van der Waals surface area contributed by atoms with Crippen molar-refractivity contribution in [2.45, 2.75) is 27.2 Å². The van der Waals surface area contributed by atoms with Crippen LogP contribution in [-0.2, 0) is 20.7 Å². The van der Waals surface area contributed by atoms with Crippen molar-refractivity contribution < 1.29 is 23.8 Å². The first kappa shape index (κ1) is 27.2. The number of nitrogens with one attached hydrogen (secondary N) is 2. The third-order valence-corrected chi connectivity index (χ3v) is 5.96. The maximum atomic E-state index is 12.3. The highest BCUT2D eigenvalue weighted by Gasteiger charge is 2.14. The number of carbonyl (C=O) groups is 2. The van der Waals surface area contributed by atoms with Crippen LogP contribution < -0.4 is 20.2 Å². The molecule has 9 nitrogen and oxygen atoms in total. The van der Waals surface area contributed by atoms with Crippen molar-refractivity contribution in [2.75, 3.05) is 30.6 Å². The first-order valence-corrected chi connectivity index (χ1v) is 12.9. The Labute approximate surface area is 222 Å². The molecule has 3 rings (SSSR count). The van der Waals surface area contributed by atoms with E-state index in [1.54, 1.807) is 30.7 Å². The van der Waals surface area contributed by atoms with Gasteiger partial charge in [-0.2, -0.15) is 5.10 Å². The van der Waals surface area contributed by atoms with Gasteiger partial charge in [-0.15, -0.1) is 11.3 Å². The van der Waals surface area contributed by atoms with Crippen LogP contribution in [0.15, 0.2) is 51.4 Å². The lowest BCUT2D eigenvalue weighted by Crippen LogP contribution is -2.20. The molecule has 0 aliphatic rings. The van der Waals surface area contributed by atoms with Gasteiger partial charge in [0.15, 0.2) is 18.1 Å². The van der Waals surface area contributed by atoms with E-state index in [2.05, 4.69) is 36.8 Å². The third-order valence-electron chi connectivity index (χ3n) is 4.57. The number of aryl methyl sites for hydroxylation is 1. The van der Waals surface area contributed by atoms with Crippen LogP contribution in [0.1, 0.15) is 30.7 Å². The molecule has 0 saturated heterocycles. The molecule has 190 valence electrons. The van der Waals surface area contributed by atoms with E-state index in [4.69, 9.17) is 14.2 Å². The predicted molar refractivity (Wildman–Crippen MR) is 144 cm³/mol. The Kier molecular flexibility index (Phi) is 10.3. The summed E-state index contributed by atoms with van der Waals surface area (Å²) in [4.78, 5) is 28.2. The average Bonchev–Trinajstić information content (AvgIpc) is 3.27. The molecule has 0 saturated carbocycles. The molecule has 2 aromatic carbocycles. The monoisotopic (exact) mass is 574 g/mol. The molecule has 0 unspecified atom stereocenters. The second-order valence-corrected chi connectivity index (χ2v) is 9.17. The number of thiazole rings is 1. The number of hydrogen-bond acceptors (Lipinski definition) is 9. The zero-order chi connectivity index (χ0) is 25.9. The molecule has 36 heavy (non-hydrogen) atoms. The number of anilines is 2. The Morgan fingerprint density at radius 2 is 1.92 bits per heavy atom. The number of rotatable bonds is 12. The summed E-state index contributed by atoms with van der Waals surface area (Å²) < 4.78 is 17.0. The van der Waals surface area contributed by atoms with Gasteiger partial charge < -0.3 is 19.5 Å². The lowest BCUT2D eigenvalue weighted by Gasteiger charge is -2.14. The Bertz CT molecular complexity index is 1210. The molecular formula is C25H27BrN4O5S. The van der Waals surface area contributed by atoms with Crippen LogP contribution in [0.5, 0.6) is 11.5 Å². The van der Waals surface area contributed by atoms with E-state index < -0.39 is 0 Å². The number of esters is 1. The zero-order valence-electron chi connectivity index (χ0n) is 20.2. The summed E-state index contributed by atoms with van der Waals surface area (Å²) in [7, 11) is 0. The highest BCUT2D eigenvalue weighted by molar-refractivity contribution is 9.10. The normalized spacial score (nSPS) is 10.8. The summed E-state index contributed by atoms with van der Waals surface area (Å²) in [6, 6.07) is 11.1. The maximum absolute atomic E-state index is 12.3. The van der Waals surface area contributed by atoms with Crippen molar-refractivity contribution in [3.05, 3.63) is 63.1 Å². The van der Waals surface area contributed by atoms with Crippen molar-refractivity contribution in [2.24, 2.45) is 5.10 Å². The van der Waals surface area contributed by atoms with Gasteiger partial charge in [-0.1, -0.05) is 17.7 Å². The molecule has 0 bridgehead atoms. The van der Waals surface area contributed by atoms with Gasteiger partial charge in [0, 0.05) is 11.1 Å². The minimum atomic E-state index is -0.318. The molecule has 0 spiro atoms. The third kappa shape index (κ3) is 8.35. The van der Waals surface area contributed by atoms with E-state index in [0.29, 0.717) is 45.7 Å². The van der Waals surface area contributed by atoms with Crippen molar-refractivity contribution in [1.29, 1.82) is 0 Å². The Balaban J connectivity index is 1.61. The molecule has 0 aliphatic heterocycles. The predicted octanol–water partition coefficient (Wildman–Crippen LogP) is 5.18. The van der Waals surface area contributed by atoms with Crippen molar-refractivity contribution in [3.63, 3.8) is 0 Å². The van der Waals surface area contributed by atoms with Crippen molar-refractivity contribution in [1.82, 2.24) is 4.98 Å². The van der Waals surface area contributed by atoms with Gasteiger partial charge in [-0.3, -0.25) is 15.0 Å². The fourth-order valence-corrected chi connectivity index (χ4v) is 4.23. The van der Waals surface area contributed by atoms with Crippen LogP contribution in [0.4, 0.5) is 10.8 Å². The molecule has 3 aromatic rings. The summed E-state index contributed by atoms with van der Waals surface area (Å²) in [5, 5.41) is 9.35. The van der Waals surface area contributed by atoms with Crippen LogP contribution in [0.2, 0.25) is 0 Å². The first-order chi connectivity index (χ1) is 17.4. The number of amides is 1. The standard InChI is InChI=1S/C25H27BrN4O5S/c1-4-33-21-11-17(13-27-30-25-29-19(15-36-25)12-23(32)34-5-2)10-20(26)24(21)35-14-22(31)28-18-8-6-16(3)7-9-18/h6-11,13,15H,4-5,12,14H2,1-3H3,(H,28,31)(H,29,30). The second kappa shape index (κ2) is 13.6. The number of halogens is 1. The molecule has 0 atom stereocenters. The number of benzene rings is 2. The molecule has 0 aliphatic carbocycles. The molecule has 11 heteroatoms. The van der Waals surface area contributed by atoms with E-state index in [0.717, 1.165) is 11.1 Å². The minimum Gasteiger partial charge on any atom is -0.490 e. The van der Waals surface area contributed by atoms with Crippen molar-refractivity contribution >= 4 is 56.2 Å². The van der Waals surface area contributed by atoms with Gasteiger partial charge >= 0.3 is 5.97 Å². The average molecular weight is 575 g/mol. The van der Waals surface area contributed by atoms with Crippen LogP contribution >= 0.6 is 27.3 Å². The van der Waals surface area contributed by atoms with Gasteiger partial charge in [0.2, 0.25) is 5.13 Å². The van der Waals surface area contributed by atoms with E-state index in [1.165, 1.54) is 11.3 Å². The molecule has 0 radical (unpaired) electrons. The summed E-state index contributed by atoms with van der Waals surface area (Å²) in [6.07, 6.45) is 1.72. The smallest absolute Gasteiger partial charge is 0.311 e.